The summed E-state index contributed by atoms with van der Waals surface area (Å²) in [4.78, 5) is 4.48. The molecule has 1 aromatic heterocycles. The van der Waals surface area contributed by atoms with Gasteiger partial charge in [-0.3, -0.25) is 4.98 Å². The van der Waals surface area contributed by atoms with Crippen LogP contribution < -0.4 is 10.2 Å². The maximum Gasteiger partial charge on any atom is 0.498 e. The molecule has 2 heterocycles. The van der Waals surface area contributed by atoms with Gasteiger partial charge in [-0.25, -0.2) is 0 Å². The summed E-state index contributed by atoms with van der Waals surface area (Å²) in [7, 11) is 1.30. The Balaban J connectivity index is 1.97. The van der Waals surface area contributed by atoms with Crippen LogP contribution in [0.2, 0.25) is 0 Å². The summed E-state index contributed by atoms with van der Waals surface area (Å²) >= 11 is 0. The number of hydrogen-bond acceptors (Lipinski definition) is 4. The number of methoxy groups -OCH3 is 1. The fraction of sp³-hybridized carbons (Fsp3) is 0.667. The van der Waals surface area contributed by atoms with Gasteiger partial charge in [-0.15, -0.1) is 0 Å². The molecule has 0 radical (unpaired) electrons. The van der Waals surface area contributed by atoms with Crippen molar-refractivity contribution < 1.29 is 14.0 Å². The molecule has 1 saturated carbocycles. The van der Waals surface area contributed by atoms with E-state index in [2.05, 4.69) is 32.7 Å². The number of hydrogen-bond donors (Lipinski definition) is 0. The van der Waals surface area contributed by atoms with Gasteiger partial charge in [0.15, 0.2) is 0 Å². The Bertz CT molecular complexity index is 510. The molecule has 0 aromatic carbocycles. The first-order chi connectivity index (χ1) is 9.36. The summed E-state index contributed by atoms with van der Waals surface area (Å²) in [6.45, 7) is 8.23. The molecule has 0 bridgehead atoms. The van der Waals surface area contributed by atoms with E-state index >= 15 is 0 Å². The topological polar surface area (TPSA) is 40.6 Å². The lowest BCUT2D eigenvalue weighted by Gasteiger charge is -2.32. The number of ether oxygens (including phenoxy) is 1. The van der Waals surface area contributed by atoms with E-state index in [0.29, 0.717) is 5.92 Å². The molecule has 0 amide bonds. The van der Waals surface area contributed by atoms with E-state index in [0.717, 1.165) is 16.9 Å². The zero-order valence-corrected chi connectivity index (χ0v) is 12.9. The summed E-state index contributed by atoms with van der Waals surface area (Å²) in [5.74, 6) is 1.36. The van der Waals surface area contributed by atoms with Crippen LogP contribution in [0.5, 0.6) is 5.75 Å². The highest BCUT2D eigenvalue weighted by molar-refractivity contribution is 6.63. The van der Waals surface area contributed by atoms with Crippen molar-refractivity contribution in [1.82, 2.24) is 4.98 Å². The van der Waals surface area contributed by atoms with Gasteiger partial charge in [0.2, 0.25) is 0 Å². The van der Waals surface area contributed by atoms with Crippen LogP contribution in [-0.2, 0) is 9.31 Å². The second-order valence-corrected chi connectivity index (χ2v) is 6.68. The third kappa shape index (κ3) is 2.13. The van der Waals surface area contributed by atoms with Crippen LogP contribution in [0.15, 0.2) is 12.3 Å². The van der Waals surface area contributed by atoms with E-state index < -0.39 is 7.12 Å². The van der Waals surface area contributed by atoms with Gasteiger partial charge < -0.3 is 14.0 Å². The smallest absolute Gasteiger partial charge is 0.495 e. The Morgan fingerprint density at radius 2 is 1.80 bits per heavy atom. The van der Waals surface area contributed by atoms with Gasteiger partial charge in [0.1, 0.15) is 5.75 Å². The van der Waals surface area contributed by atoms with Gasteiger partial charge in [-0.2, -0.15) is 0 Å². The van der Waals surface area contributed by atoms with Crippen molar-refractivity contribution >= 4 is 12.6 Å². The normalized spacial score (nSPS) is 23.9. The van der Waals surface area contributed by atoms with E-state index in [1.54, 1.807) is 7.11 Å². The van der Waals surface area contributed by atoms with E-state index in [-0.39, 0.29) is 11.2 Å². The predicted octanol–water partition coefficient (Wildman–Crippen LogP) is 2.27. The molecule has 1 aromatic rings. The second-order valence-electron chi connectivity index (χ2n) is 6.68. The number of nitrogens with zero attached hydrogens (tertiary/aromatic N) is 1. The average Bonchev–Trinajstić information content (AvgIpc) is 3.17. The summed E-state index contributed by atoms with van der Waals surface area (Å²) in [6.07, 6.45) is 4.21. The van der Waals surface area contributed by atoms with Gasteiger partial charge >= 0.3 is 7.12 Å². The summed E-state index contributed by atoms with van der Waals surface area (Å²) < 4.78 is 17.8. The molecule has 1 aliphatic carbocycles. The van der Waals surface area contributed by atoms with E-state index in [1.165, 1.54) is 12.8 Å². The zero-order chi connectivity index (χ0) is 14.5. The van der Waals surface area contributed by atoms with Gasteiger partial charge in [0.05, 0.1) is 24.0 Å². The number of aromatic nitrogens is 1. The van der Waals surface area contributed by atoms with Crippen LogP contribution in [-0.4, -0.2) is 30.4 Å². The summed E-state index contributed by atoms with van der Waals surface area (Å²) in [5.41, 5.74) is 1.31. The lowest BCUT2D eigenvalue weighted by molar-refractivity contribution is 0.00578. The maximum atomic E-state index is 6.12. The average molecular weight is 275 g/mol. The van der Waals surface area contributed by atoms with Crippen LogP contribution in [0, 0.1) is 0 Å². The summed E-state index contributed by atoms with van der Waals surface area (Å²) in [5, 5.41) is 0. The molecule has 1 saturated heterocycles. The summed E-state index contributed by atoms with van der Waals surface area (Å²) in [6, 6.07) is 1.94. The van der Waals surface area contributed by atoms with Gasteiger partial charge in [-0.05, 0) is 46.6 Å². The first kappa shape index (κ1) is 13.9. The molecule has 0 spiro atoms. The third-order valence-corrected chi connectivity index (χ3v) is 4.64. The van der Waals surface area contributed by atoms with E-state index in [9.17, 15) is 0 Å². The Hall–Kier alpha value is -1.07. The molecular formula is C15H22BNO3. The van der Waals surface area contributed by atoms with Crippen molar-refractivity contribution in [3.63, 3.8) is 0 Å². The molecule has 0 atom stereocenters. The second kappa shape index (κ2) is 4.47. The Kier molecular flexibility index (Phi) is 3.10. The minimum Gasteiger partial charge on any atom is -0.495 e. The molecule has 20 heavy (non-hydrogen) atoms. The fourth-order valence-electron chi connectivity index (χ4n) is 2.51. The van der Waals surface area contributed by atoms with Crippen molar-refractivity contribution in [3.8, 4) is 5.75 Å². The SMILES string of the molecule is COc1c(B2OC(C)(C)C(C)(C)O2)ccnc1C1CC1. The van der Waals surface area contributed by atoms with Crippen molar-refractivity contribution in [1.29, 1.82) is 0 Å². The predicted molar refractivity (Wildman–Crippen MR) is 78.5 cm³/mol. The van der Waals surface area contributed by atoms with Crippen molar-refractivity contribution in [2.24, 2.45) is 0 Å². The van der Waals surface area contributed by atoms with E-state index in [1.807, 2.05) is 12.3 Å². The van der Waals surface area contributed by atoms with Crippen LogP contribution in [0.4, 0.5) is 0 Å². The molecule has 4 nitrogen and oxygen atoms in total. The van der Waals surface area contributed by atoms with Crippen molar-refractivity contribution in [3.05, 3.63) is 18.0 Å². The highest BCUT2D eigenvalue weighted by atomic mass is 16.7. The standard InChI is InChI=1S/C15H22BNO3/c1-14(2)15(3,4)20-16(19-14)11-8-9-17-12(10-6-7-10)13(11)18-5/h8-10H,6-7H2,1-5H3. The Morgan fingerprint density at radius 1 is 1.20 bits per heavy atom. The molecule has 108 valence electrons. The van der Waals surface area contributed by atoms with Crippen molar-refractivity contribution in [2.75, 3.05) is 7.11 Å². The lowest BCUT2D eigenvalue weighted by atomic mass is 9.78. The highest BCUT2D eigenvalue weighted by Crippen LogP contribution is 2.43. The molecular weight excluding hydrogens is 253 g/mol. The third-order valence-electron chi connectivity index (χ3n) is 4.64. The monoisotopic (exact) mass is 275 g/mol. The molecule has 1 aliphatic heterocycles. The van der Waals surface area contributed by atoms with Crippen molar-refractivity contribution in [2.45, 2.75) is 57.7 Å². The van der Waals surface area contributed by atoms with Crippen LogP contribution >= 0.6 is 0 Å². The number of pyridine rings is 1. The van der Waals surface area contributed by atoms with E-state index in [4.69, 9.17) is 14.0 Å². The van der Waals surface area contributed by atoms with Gasteiger partial charge in [-0.1, -0.05) is 0 Å². The van der Waals surface area contributed by atoms with Crippen LogP contribution in [0.1, 0.15) is 52.1 Å². The fourth-order valence-corrected chi connectivity index (χ4v) is 2.51. The largest absolute Gasteiger partial charge is 0.498 e. The molecule has 2 aliphatic rings. The maximum absolute atomic E-state index is 6.12. The van der Waals surface area contributed by atoms with Gasteiger partial charge in [0.25, 0.3) is 0 Å². The minimum absolute atomic E-state index is 0.342. The lowest BCUT2D eigenvalue weighted by Crippen LogP contribution is -2.41. The van der Waals surface area contributed by atoms with Gasteiger partial charge in [0, 0.05) is 17.6 Å². The molecule has 5 heteroatoms. The molecule has 0 unspecified atom stereocenters. The Labute approximate surface area is 121 Å². The highest BCUT2D eigenvalue weighted by Gasteiger charge is 2.52. The number of rotatable bonds is 3. The van der Waals surface area contributed by atoms with Crippen LogP contribution in [0.3, 0.4) is 0 Å². The zero-order valence-electron chi connectivity index (χ0n) is 12.9. The molecule has 3 rings (SSSR count). The van der Waals surface area contributed by atoms with Crippen LogP contribution in [0.25, 0.3) is 0 Å². The first-order valence-electron chi connectivity index (χ1n) is 7.24. The quantitative estimate of drug-likeness (QED) is 0.793. The first-order valence-corrected chi connectivity index (χ1v) is 7.24. The molecule has 0 N–H and O–H groups in total. The minimum atomic E-state index is -0.393. The molecule has 2 fully saturated rings. The Morgan fingerprint density at radius 3 is 2.30 bits per heavy atom.